The van der Waals surface area contributed by atoms with Crippen molar-refractivity contribution in [2.75, 3.05) is 17.1 Å². The number of sulfonamides is 1. The van der Waals surface area contributed by atoms with E-state index >= 15 is 0 Å². The number of benzene rings is 2. The number of nitrogens with one attached hydrogen (secondary N) is 1. The molecule has 0 heterocycles. The number of carbonyl (C=O) groups is 2. The molecule has 2 rings (SSSR count). The minimum atomic E-state index is -3.63. The Bertz CT molecular complexity index is 1240. The highest BCUT2D eigenvalue weighted by molar-refractivity contribution is 7.92. The first-order chi connectivity index (χ1) is 17.8. The molecule has 0 radical (unpaired) electrons. The standard InChI is InChI=1S/C27H36Cl3N3O4S/c1-6-18(3)31-27(35)24(7-2)32(17-20-13-14-21(28)16-23(20)30)26(34)12-9-15-33(38(5,36)37)25-11-8-10-22(29)19(25)4/h8,10-11,13-14,16,18,24H,6-7,9,12,15,17H2,1-5H3,(H,31,35)/t18-,24-/m0/s1. The zero-order valence-electron chi connectivity index (χ0n) is 22.4. The van der Waals surface area contributed by atoms with E-state index in [0.29, 0.717) is 38.3 Å². The van der Waals surface area contributed by atoms with Crippen LogP contribution in [0.1, 0.15) is 57.6 Å². The lowest BCUT2D eigenvalue weighted by Crippen LogP contribution is -2.50. The molecule has 0 spiro atoms. The second-order valence-electron chi connectivity index (χ2n) is 9.32. The molecule has 0 aliphatic carbocycles. The minimum absolute atomic E-state index is 0.0317. The van der Waals surface area contributed by atoms with Crippen LogP contribution in [0.5, 0.6) is 0 Å². The SMILES string of the molecule is CC[C@H](C)NC(=O)[C@H](CC)N(Cc1ccc(Cl)cc1Cl)C(=O)CCCN(c1cccc(Cl)c1C)S(C)(=O)=O. The van der Waals surface area contributed by atoms with Gasteiger partial charge >= 0.3 is 0 Å². The van der Waals surface area contributed by atoms with E-state index in [1.807, 2.05) is 20.8 Å². The highest BCUT2D eigenvalue weighted by Crippen LogP contribution is 2.29. The molecule has 11 heteroatoms. The molecule has 2 atom stereocenters. The molecule has 1 N–H and O–H groups in total. The zero-order chi connectivity index (χ0) is 28.6. The van der Waals surface area contributed by atoms with Gasteiger partial charge in [-0.15, -0.1) is 0 Å². The fraction of sp³-hybridized carbons (Fsp3) is 0.481. The number of halogens is 3. The Labute approximate surface area is 241 Å². The molecule has 0 saturated heterocycles. The predicted molar refractivity (Wildman–Crippen MR) is 157 cm³/mol. The third-order valence-electron chi connectivity index (χ3n) is 6.40. The summed E-state index contributed by atoms with van der Waals surface area (Å²) >= 11 is 18.7. The number of anilines is 1. The molecular weight excluding hydrogens is 569 g/mol. The summed E-state index contributed by atoms with van der Waals surface area (Å²) in [6, 6.07) is 9.32. The summed E-state index contributed by atoms with van der Waals surface area (Å²) in [4.78, 5) is 28.2. The maximum absolute atomic E-state index is 13.6. The van der Waals surface area contributed by atoms with Crippen molar-refractivity contribution < 1.29 is 18.0 Å². The average Bonchev–Trinajstić information content (AvgIpc) is 2.84. The van der Waals surface area contributed by atoms with Crippen LogP contribution in [0.15, 0.2) is 36.4 Å². The van der Waals surface area contributed by atoms with Crippen LogP contribution in [0.2, 0.25) is 15.1 Å². The Morgan fingerprint density at radius 2 is 1.71 bits per heavy atom. The number of carbonyl (C=O) groups excluding carboxylic acids is 2. The van der Waals surface area contributed by atoms with Crippen LogP contribution in [0, 0.1) is 6.92 Å². The maximum atomic E-state index is 13.6. The summed E-state index contributed by atoms with van der Waals surface area (Å²) in [5, 5.41) is 4.28. The van der Waals surface area contributed by atoms with E-state index in [4.69, 9.17) is 34.8 Å². The fourth-order valence-electron chi connectivity index (χ4n) is 4.04. The van der Waals surface area contributed by atoms with Crippen molar-refractivity contribution in [2.24, 2.45) is 0 Å². The molecule has 210 valence electrons. The normalized spacial score (nSPS) is 13.1. The topological polar surface area (TPSA) is 86.8 Å². The van der Waals surface area contributed by atoms with Crippen molar-refractivity contribution in [3.63, 3.8) is 0 Å². The predicted octanol–water partition coefficient (Wildman–Crippen LogP) is 6.22. The van der Waals surface area contributed by atoms with Gasteiger partial charge in [-0.3, -0.25) is 13.9 Å². The first kappa shape index (κ1) is 32.2. The maximum Gasteiger partial charge on any atom is 0.243 e. The Hall–Kier alpha value is -2.00. The first-order valence-corrected chi connectivity index (χ1v) is 15.5. The number of rotatable bonds is 13. The quantitative estimate of drug-likeness (QED) is 0.294. The Morgan fingerprint density at radius 1 is 1.03 bits per heavy atom. The van der Waals surface area contributed by atoms with Gasteiger partial charge in [0.1, 0.15) is 6.04 Å². The monoisotopic (exact) mass is 603 g/mol. The van der Waals surface area contributed by atoms with E-state index in [1.165, 1.54) is 9.21 Å². The van der Waals surface area contributed by atoms with Gasteiger partial charge in [0.15, 0.2) is 0 Å². The molecule has 38 heavy (non-hydrogen) atoms. The number of amides is 2. The molecule has 2 aromatic carbocycles. The smallest absolute Gasteiger partial charge is 0.243 e. The van der Waals surface area contributed by atoms with Gasteiger partial charge in [-0.1, -0.05) is 60.8 Å². The molecule has 0 fully saturated rings. The molecule has 0 aromatic heterocycles. The average molecular weight is 605 g/mol. The van der Waals surface area contributed by atoms with Gasteiger partial charge in [-0.05, 0) is 68.5 Å². The number of nitrogens with zero attached hydrogens (tertiary/aromatic N) is 2. The minimum Gasteiger partial charge on any atom is -0.352 e. The largest absolute Gasteiger partial charge is 0.352 e. The summed E-state index contributed by atoms with van der Waals surface area (Å²) in [5.74, 6) is -0.522. The molecule has 7 nitrogen and oxygen atoms in total. The fourth-order valence-corrected chi connectivity index (χ4v) is 5.70. The van der Waals surface area contributed by atoms with Crippen LogP contribution >= 0.6 is 34.8 Å². The molecule has 0 bridgehead atoms. The van der Waals surface area contributed by atoms with Crippen molar-refractivity contribution in [2.45, 2.75) is 72.0 Å². The lowest BCUT2D eigenvalue weighted by molar-refractivity contribution is -0.141. The summed E-state index contributed by atoms with van der Waals surface area (Å²) in [6.07, 6.45) is 2.55. The molecule has 0 saturated carbocycles. The molecular formula is C27H36Cl3N3O4S. The van der Waals surface area contributed by atoms with Gasteiger partial charge in [0.25, 0.3) is 0 Å². The van der Waals surface area contributed by atoms with E-state index in [0.717, 1.165) is 12.7 Å². The summed E-state index contributed by atoms with van der Waals surface area (Å²) in [7, 11) is -3.63. The number of hydrogen-bond acceptors (Lipinski definition) is 4. The van der Waals surface area contributed by atoms with E-state index in [1.54, 1.807) is 43.3 Å². The molecule has 2 amide bonds. The van der Waals surface area contributed by atoms with Crippen molar-refractivity contribution in [3.8, 4) is 0 Å². The van der Waals surface area contributed by atoms with Gasteiger partial charge in [0, 0.05) is 40.6 Å². The molecule has 0 unspecified atom stereocenters. The third-order valence-corrected chi connectivity index (χ3v) is 8.58. The molecule has 0 aliphatic rings. The van der Waals surface area contributed by atoms with Gasteiger partial charge < -0.3 is 10.2 Å². The highest BCUT2D eigenvalue weighted by Gasteiger charge is 2.30. The van der Waals surface area contributed by atoms with Gasteiger partial charge in [0.2, 0.25) is 21.8 Å². The van der Waals surface area contributed by atoms with E-state index in [2.05, 4.69) is 5.32 Å². The van der Waals surface area contributed by atoms with Crippen LogP contribution in [0.25, 0.3) is 0 Å². The first-order valence-electron chi connectivity index (χ1n) is 12.6. The van der Waals surface area contributed by atoms with Crippen molar-refractivity contribution in [1.29, 1.82) is 0 Å². The molecule has 0 aliphatic heterocycles. The number of hydrogen-bond donors (Lipinski definition) is 1. The van der Waals surface area contributed by atoms with Crippen LogP contribution in [0.4, 0.5) is 5.69 Å². The van der Waals surface area contributed by atoms with E-state index in [-0.39, 0.29) is 43.8 Å². The van der Waals surface area contributed by atoms with Crippen LogP contribution < -0.4 is 9.62 Å². The van der Waals surface area contributed by atoms with Crippen molar-refractivity contribution in [3.05, 3.63) is 62.6 Å². The third kappa shape index (κ3) is 8.76. The van der Waals surface area contributed by atoms with Gasteiger partial charge in [0.05, 0.1) is 11.9 Å². The van der Waals surface area contributed by atoms with Crippen LogP contribution in [0.3, 0.4) is 0 Å². The van der Waals surface area contributed by atoms with E-state index in [9.17, 15) is 18.0 Å². The second-order valence-corrected chi connectivity index (χ2v) is 12.5. The lowest BCUT2D eigenvalue weighted by atomic mass is 10.1. The van der Waals surface area contributed by atoms with Crippen molar-refractivity contribution in [1.82, 2.24) is 10.2 Å². The zero-order valence-corrected chi connectivity index (χ0v) is 25.5. The van der Waals surface area contributed by atoms with Crippen LogP contribution in [-0.4, -0.2) is 50.0 Å². The lowest BCUT2D eigenvalue weighted by Gasteiger charge is -2.32. The summed E-state index contributed by atoms with van der Waals surface area (Å²) in [5.41, 5.74) is 1.76. The van der Waals surface area contributed by atoms with Gasteiger partial charge in [-0.25, -0.2) is 8.42 Å². The molecule has 2 aromatic rings. The van der Waals surface area contributed by atoms with Gasteiger partial charge in [-0.2, -0.15) is 0 Å². The Morgan fingerprint density at radius 3 is 2.29 bits per heavy atom. The Balaban J connectivity index is 2.30. The summed E-state index contributed by atoms with van der Waals surface area (Å²) in [6.45, 7) is 7.67. The van der Waals surface area contributed by atoms with Crippen LogP contribution in [-0.2, 0) is 26.2 Å². The summed E-state index contributed by atoms with van der Waals surface area (Å²) < 4.78 is 26.4. The Kier molecular flexibility index (Phi) is 12.2. The van der Waals surface area contributed by atoms with Crippen molar-refractivity contribution >= 4 is 62.3 Å². The second kappa shape index (κ2) is 14.4. The highest BCUT2D eigenvalue weighted by atomic mass is 35.5. The van der Waals surface area contributed by atoms with E-state index < -0.39 is 16.1 Å².